The van der Waals surface area contributed by atoms with Crippen LogP contribution in [0.1, 0.15) is 34.1 Å². The van der Waals surface area contributed by atoms with Crippen LogP contribution in [0.25, 0.3) is 0 Å². The van der Waals surface area contributed by atoms with E-state index in [1.54, 1.807) is 4.90 Å². The first kappa shape index (κ1) is 11.3. The highest BCUT2D eigenvalue weighted by molar-refractivity contribution is 5.69. The summed E-state index contributed by atoms with van der Waals surface area (Å²) in [5.41, 5.74) is -0.468. The first-order valence-electron chi connectivity index (χ1n) is 4.99. The Balaban J connectivity index is 2.54. The Morgan fingerprint density at radius 1 is 1.50 bits per heavy atom. The summed E-state index contributed by atoms with van der Waals surface area (Å²) in [5.74, 6) is 0. The maximum Gasteiger partial charge on any atom is 0.410 e. The lowest BCUT2D eigenvalue weighted by atomic mass is 10.2. The maximum atomic E-state index is 11.6. The third kappa shape index (κ3) is 2.61. The fourth-order valence-corrected chi connectivity index (χ4v) is 1.50. The van der Waals surface area contributed by atoms with Crippen molar-refractivity contribution < 1.29 is 14.6 Å². The van der Waals surface area contributed by atoms with Gasteiger partial charge in [0.1, 0.15) is 5.60 Å². The minimum atomic E-state index is -0.468. The van der Waals surface area contributed by atoms with Crippen molar-refractivity contribution in [2.24, 2.45) is 0 Å². The van der Waals surface area contributed by atoms with Crippen molar-refractivity contribution >= 4 is 6.09 Å². The molecule has 0 aromatic rings. The third-order valence-electron chi connectivity index (χ3n) is 2.34. The van der Waals surface area contributed by atoms with Crippen LogP contribution in [0.15, 0.2) is 0 Å². The van der Waals surface area contributed by atoms with Crippen LogP contribution in [0.3, 0.4) is 0 Å². The number of hydrogen-bond donors (Lipinski definition) is 1. The summed E-state index contributed by atoms with van der Waals surface area (Å²) in [7, 11) is 0. The summed E-state index contributed by atoms with van der Waals surface area (Å²) in [6.07, 6.45) is -0.107. The van der Waals surface area contributed by atoms with Crippen molar-refractivity contribution in [1.82, 2.24) is 4.90 Å². The molecule has 0 unspecified atom stereocenters. The van der Waals surface area contributed by atoms with Crippen LogP contribution in [0.2, 0.25) is 0 Å². The van der Waals surface area contributed by atoms with E-state index in [0.717, 1.165) is 0 Å². The molecule has 0 saturated carbocycles. The predicted octanol–water partition coefficient (Wildman–Crippen LogP) is 1.38. The Labute approximate surface area is 84.8 Å². The lowest BCUT2D eigenvalue weighted by Gasteiger charge is -2.27. The quantitative estimate of drug-likeness (QED) is 0.644. The maximum absolute atomic E-state index is 11.6. The van der Waals surface area contributed by atoms with Gasteiger partial charge in [0.25, 0.3) is 0 Å². The number of ether oxygens (including phenoxy) is 1. The monoisotopic (exact) mass is 201 g/mol. The summed E-state index contributed by atoms with van der Waals surface area (Å²) in [5, 5.41) is 9.47. The summed E-state index contributed by atoms with van der Waals surface area (Å²) >= 11 is 0. The highest BCUT2D eigenvalue weighted by Crippen LogP contribution is 2.20. The molecule has 1 N–H and O–H groups in total. The Morgan fingerprint density at radius 3 is 2.43 bits per heavy atom. The van der Waals surface area contributed by atoms with Crippen LogP contribution in [0.4, 0.5) is 4.79 Å². The molecule has 0 spiro atoms. The average molecular weight is 201 g/mol. The van der Waals surface area contributed by atoms with E-state index in [1.807, 2.05) is 27.7 Å². The molecule has 0 aromatic carbocycles. The van der Waals surface area contributed by atoms with Crippen LogP contribution in [0, 0.1) is 0 Å². The van der Waals surface area contributed by atoms with Crippen molar-refractivity contribution in [2.75, 3.05) is 6.54 Å². The number of likely N-dealkylation sites (tertiary alicyclic amines) is 1. The van der Waals surface area contributed by atoms with E-state index in [1.165, 1.54) is 0 Å². The molecule has 82 valence electrons. The molecule has 0 aromatic heterocycles. The third-order valence-corrected chi connectivity index (χ3v) is 2.34. The molecule has 1 fully saturated rings. The van der Waals surface area contributed by atoms with Crippen LogP contribution in [-0.2, 0) is 4.74 Å². The molecule has 1 heterocycles. The van der Waals surface area contributed by atoms with Gasteiger partial charge in [-0.2, -0.15) is 0 Å². The van der Waals surface area contributed by atoms with Gasteiger partial charge in [0.2, 0.25) is 0 Å². The number of aliphatic hydroxyl groups excluding tert-OH is 1. The minimum absolute atomic E-state index is 0.134. The molecule has 1 saturated heterocycles. The fraction of sp³-hybridized carbons (Fsp3) is 0.900. The molecule has 0 aliphatic carbocycles. The summed E-state index contributed by atoms with van der Waals surface area (Å²) < 4.78 is 5.22. The molecule has 4 heteroatoms. The number of amides is 1. The Hall–Kier alpha value is -0.770. The smallest absolute Gasteiger partial charge is 0.410 e. The van der Waals surface area contributed by atoms with Gasteiger partial charge in [-0.1, -0.05) is 0 Å². The van der Waals surface area contributed by atoms with Gasteiger partial charge in [-0.05, 0) is 34.1 Å². The van der Waals surface area contributed by atoms with E-state index in [2.05, 4.69) is 0 Å². The topological polar surface area (TPSA) is 49.8 Å². The highest BCUT2D eigenvalue weighted by atomic mass is 16.6. The van der Waals surface area contributed by atoms with E-state index in [0.29, 0.717) is 13.0 Å². The molecule has 1 amide bonds. The first-order chi connectivity index (χ1) is 6.31. The second-order valence-corrected chi connectivity index (χ2v) is 4.77. The molecule has 0 radical (unpaired) electrons. The molecular weight excluding hydrogens is 182 g/mol. The van der Waals surface area contributed by atoms with Crippen LogP contribution < -0.4 is 0 Å². The number of nitrogens with zero attached hydrogens (tertiary/aromatic N) is 1. The zero-order valence-corrected chi connectivity index (χ0v) is 9.28. The van der Waals surface area contributed by atoms with E-state index in [4.69, 9.17) is 4.74 Å². The molecule has 1 aliphatic heterocycles. The van der Waals surface area contributed by atoms with Crippen LogP contribution in [0.5, 0.6) is 0 Å². The van der Waals surface area contributed by atoms with Crippen molar-refractivity contribution in [3.05, 3.63) is 0 Å². The first-order valence-corrected chi connectivity index (χ1v) is 4.99. The van der Waals surface area contributed by atoms with Gasteiger partial charge < -0.3 is 14.7 Å². The fourth-order valence-electron chi connectivity index (χ4n) is 1.50. The standard InChI is InChI=1S/C10H19NO3/c1-7-8(12)5-6-11(7)9(13)14-10(2,3)4/h7-8,12H,5-6H2,1-4H3/t7-,8+/m0/s1. The average Bonchev–Trinajstić information content (AvgIpc) is 2.29. The van der Waals surface area contributed by atoms with Crippen LogP contribution >= 0.6 is 0 Å². The largest absolute Gasteiger partial charge is 0.444 e. The van der Waals surface area contributed by atoms with E-state index >= 15 is 0 Å². The SMILES string of the molecule is C[C@H]1[C@H](O)CCN1C(=O)OC(C)(C)C. The second kappa shape index (κ2) is 3.77. The zero-order valence-electron chi connectivity index (χ0n) is 9.28. The summed E-state index contributed by atoms with van der Waals surface area (Å²) in [4.78, 5) is 13.2. The van der Waals surface area contributed by atoms with E-state index < -0.39 is 11.7 Å². The van der Waals surface area contributed by atoms with Crippen molar-refractivity contribution in [2.45, 2.75) is 51.9 Å². The molecule has 0 bridgehead atoms. The van der Waals surface area contributed by atoms with Gasteiger partial charge in [0.15, 0.2) is 0 Å². The molecular formula is C10H19NO3. The normalized spacial score (nSPS) is 27.9. The van der Waals surface area contributed by atoms with Gasteiger partial charge in [-0.15, -0.1) is 0 Å². The van der Waals surface area contributed by atoms with Gasteiger partial charge >= 0.3 is 6.09 Å². The van der Waals surface area contributed by atoms with Crippen molar-refractivity contribution in [3.63, 3.8) is 0 Å². The predicted molar refractivity (Wildman–Crippen MR) is 53.0 cm³/mol. The van der Waals surface area contributed by atoms with Gasteiger partial charge in [0.05, 0.1) is 12.1 Å². The molecule has 2 atom stereocenters. The molecule has 14 heavy (non-hydrogen) atoms. The van der Waals surface area contributed by atoms with E-state index in [9.17, 15) is 9.90 Å². The molecule has 1 aliphatic rings. The highest BCUT2D eigenvalue weighted by Gasteiger charge is 2.34. The zero-order chi connectivity index (χ0) is 10.9. The molecule has 4 nitrogen and oxygen atoms in total. The minimum Gasteiger partial charge on any atom is -0.444 e. The Bertz CT molecular complexity index is 222. The lowest BCUT2D eigenvalue weighted by Crippen LogP contribution is -2.40. The lowest BCUT2D eigenvalue weighted by molar-refractivity contribution is 0.0178. The van der Waals surface area contributed by atoms with Gasteiger partial charge in [-0.25, -0.2) is 4.79 Å². The Morgan fingerprint density at radius 2 is 2.07 bits per heavy atom. The molecule has 1 rings (SSSR count). The second-order valence-electron chi connectivity index (χ2n) is 4.77. The number of rotatable bonds is 0. The van der Waals surface area contributed by atoms with Crippen molar-refractivity contribution in [3.8, 4) is 0 Å². The number of hydrogen-bond acceptors (Lipinski definition) is 3. The number of carbonyl (C=O) groups is 1. The number of aliphatic hydroxyl groups is 1. The van der Waals surface area contributed by atoms with Gasteiger partial charge in [-0.3, -0.25) is 0 Å². The number of carbonyl (C=O) groups excluding carboxylic acids is 1. The van der Waals surface area contributed by atoms with Gasteiger partial charge in [0, 0.05) is 6.54 Å². The Kier molecular flexibility index (Phi) is 3.04. The summed E-state index contributed by atoms with van der Waals surface area (Å²) in [6, 6.07) is -0.134. The van der Waals surface area contributed by atoms with Crippen molar-refractivity contribution in [1.29, 1.82) is 0 Å². The van der Waals surface area contributed by atoms with E-state index in [-0.39, 0.29) is 12.1 Å². The summed E-state index contributed by atoms with van der Waals surface area (Å²) in [6.45, 7) is 7.92. The van der Waals surface area contributed by atoms with Crippen LogP contribution in [-0.4, -0.2) is 40.4 Å².